The Kier molecular flexibility index (Phi) is 7.43. The van der Waals surface area contributed by atoms with Crippen LogP contribution in [0.5, 0.6) is 5.75 Å². The molecule has 0 bridgehead atoms. The molecule has 3 aromatic carbocycles. The van der Waals surface area contributed by atoms with Crippen molar-refractivity contribution in [2.45, 2.75) is 13.1 Å². The fourth-order valence-corrected chi connectivity index (χ4v) is 3.82. The first-order valence-electron chi connectivity index (χ1n) is 9.79. The molecule has 0 unspecified atom stereocenters. The van der Waals surface area contributed by atoms with E-state index in [1.165, 1.54) is 49.5 Å². The zero-order valence-corrected chi connectivity index (χ0v) is 19.4. The van der Waals surface area contributed by atoms with Crippen LogP contribution in [-0.2, 0) is 0 Å². The zero-order valence-electron chi connectivity index (χ0n) is 17.9. The van der Waals surface area contributed by atoms with E-state index >= 15 is 0 Å². The van der Waals surface area contributed by atoms with Gasteiger partial charge < -0.3 is 14.7 Å². The average molecular weight is 512 g/mol. The number of halogens is 5. The molecule has 0 radical (unpaired) electrons. The number of ether oxygens (including phenoxy) is 1. The van der Waals surface area contributed by atoms with Crippen molar-refractivity contribution in [2.75, 3.05) is 18.6 Å². The number of nitrogens with zero attached hydrogens (tertiary/aromatic N) is 1. The number of carboxylic acids is 1. The summed E-state index contributed by atoms with van der Waals surface area (Å²) in [5, 5.41) is 9.65. The number of hydrogen-bond acceptors (Lipinski definition) is 3. The van der Waals surface area contributed by atoms with Gasteiger partial charge in [0.2, 0.25) is 0 Å². The Balaban J connectivity index is 2.10. The summed E-state index contributed by atoms with van der Waals surface area (Å²) in [5.41, 5.74) is 1.39. The molecule has 3 rings (SSSR count). The first-order valence-corrected chi connectivity index (χ1v) is 10.5. The number of hydrogen-bond donors (Lipinski definition) is 1. The third-order valence-corrected chi connectivity index (χ3v) is 5.62. The van der Waals surface area contributed by atoms with E-state index in [4.69, 9.17) is 27.9 Å². The monoisotopic (exact) mass is 511 g/mol. The van der Waals surface area contributed by atoms with Crippen molar-refractivity contribution in [3.8, 4) is 16.9 Å². The van der Waals surface area contributed by atoms with Crippen LogP contribution < -0.4 is 9.64 Å². The second-order valence-corrected chi connectivity index (χ2v) is 8.20. The van der Waals surface area contributed by atoms with Gasteiger partial charge in [-0.25, -0.2) is 4.79 Å². The predicted octanol–water partition coefficient (Wildman–Crippen LogP) is 6.88. The number of aryl methyl sites for hydroxylation is 1. The summed E-state index contributed by atoms with van der Waals surface area (Å²) in [7, 11) is 1.39. The van der Waals surface area contributed by atoms with Gasteiger partial charge in [-0.1, -0.05) is 41.4 Å². The number of amides is 1. The Hall–Kier alpha value is -3.23. The van der Waals surface area contributed by atoms with E-state index in [0.29, 0.717) is 11.1 Å². The number of anilines is 1. The largest absolute Gasteiger partial charge is 0.482 e. The van der Waals surface area contributed by atoms with E-state index < -0.39 is 24.7 Å². The number of benzene rings is 3. The number of carboxylic acid groups (broad SMARTS) is 1. The molecule has 34 heavy (non-hydrogen) atoms. The Labute approximate surface area is 203 Å². The smallest absolute Gasteiger partial charge is 0.422 e. The highest BCUT2D eigenvalue weighted by molar-refractivity contribution is 6.35. The summed E-state index contributed by atoms with van der Waals surface area (Å²) >= 11 is 12.4. The lowest BCUT2D eigenvalue weighted by Gasteiger charge is -2.23. The van der Waals surface area contributed by atoms with Crippen LogP contribution in [0.2, 0.25) is 10.0 Å². The lowest BCUT2D eigenvalue weighted by atomic mass is 10.0. The van der Waals surface area contributed by atoms with Gasteiger partial charge in [0.25, 0.3) is 5.91 Å². The first-order chi connectivity index (χ1) is 15.9. The number of carbonyl (C=O) groups is 2. The van der Waals surface area contributed by atoms with Crippen LogP contribution in [0.25, 0.3) is 11.1 Å². The molecule has 5 nitrogen and oxygen atoms in total. The number of carbonyl (C=O) groups excluding carboxylic acids is 1. The van der Waals surface area contributed by atoms with Gasteiger partial charge in [-0.15, -0.1) is 0 Å². The fourth-order valence-electron chi connectivity index (χ4n) is 3.29. The minimum absolute atomic E-state index is 0.0530. The molecule has 0 aromatic heterocycles. The second-order valence-electron chi connectivity index (χ2n) is 7.38. The highest BCUT2D eigenvalue weighted by Crippen LogP contribution is 2.38. The normalized spacial score (nSPS) is 11.3. The number of rotatable bonds is 6. The molecular formula is C24H18Cl2F3NO4. The molecule has 0 spiro atoms. The van der Waals surface area contributed by atoms with Crippen molar-refractivity contribution in [2.24, 2.45) is 0 Å². The molecule has 1 N–H and O–H groups in total. The van der Waals surface area contributed by atoms with Crippen LogP contribution >= 0.6 is 23.2 Å². The van der Waals surface area contributed by atoms with E-state index in [-0.39, 0.29) is 38.2 Å². The third-order valence-electron chi connectivity index (χ3n) is 4.98. The summed E-state index contributed by atoms with van der Waals surface area (Å²) in [5.74, 6) is -1.98. The van der Waals surface area contributed by atoms with Gasteiger partial charge >= 0.3 is 12.1 Å². The topological polar surface area (TPSA) is 66.8 Å². The van der Waals surface area contributed by atoms with Gasteiger partial charge in [0.1, 0.15) is 5.75 Å². The molecule has 0 fully saturated rings. The summed E-state index contributed by atoms with van der Waals surface area (Å²) in [6.45, 7) is 0.0913. The quantitative estimate of drug-likeness (QED) is 0.391. The third kappa shape index (κ3) is 5.63. The molecular weight excluding hydrogens is 494 g/mol. The molecule has 1 amide bonds. The van der Waals surface area contributed by atoms with Crippen LogP contribution in [-0.4, -0.2) is 36.8 Å². The second kappa shape index (κ2) is 9.95. The molecule has 0 saturated heterocycles. The Morgan fingerprint density at radius 1 is 1.03 bits per heavy atom. The average Bonchev–Trinajstić information content (AvgIpc) is 2.76. The fraction of sp³-hybridized carbons (Fsp3) is 0.167. The molecule has 178 valence electrons. The molecule has 0 aliphatic carbocycles. The molecule has 0 atom stereocenters. The molecule has 0 aliphatic heterocycles. The number of aromatic carboxylic acids is 1. The molecule has 3 aromatic rings. The van der Waals surface area contributed by atoms with E-state index in [0.717, 1.165) is 4.90 Å². The lowest BCUT2D eigenvalue weighted by molar-refractivity contribution is -0.153. The van der Waals surface area contributed by atoms with Crippen LogP contribution in [0.4, 0.5) is 18.9 Å². The first kappa shape index (κ1) is 25.4. The zero-order chi connectivity index (χ0) is 25.2. The van der Waals surface area contributed by atoms with Crippen molar-refractivity contribution in [3.05, 3.63) is 81.3 Å². The van der Waals surface area contributed by atoms with Gasteiger partial charge in [0, 0.05) is 17.6 Å². The maximum atomic E-state index is 13.1. The van der Waals surface area contributed by atoms with Crippen LogP contribution in [0.15, 0.2) is 54.6 Å². The predicted molar refractivity (Wildman–Crippen MR) is 124 cm³/mol. The van der Waals surface area contributed by atoms with E-state index in [9.17, 15) is 27.9 Å². The van der Waals surface area contributed by atoms with Crippen molar-refractivity contribution < 1.29 is 32.6 Å². The minimum atomic E-state index is -4.63. The number of alkyl halides is 3. The highest BCUT2D eigenvalue weighted by Gasteiger charge is 2.30. The van der Waals surface area contributed by atoms with Crippen LogP contribution in [0.3, 0.4) is 0 Å². The summed E-state index contributed by atoms with van der Waals surface area (Å²) < 4.78 is 43.8. The summed E-state index contributed by atoms with van der Waals surface area (Å²) in [6, 6.07) is 13.1. The minimum Gasteiger partial charge on any atom is -0.482 e. The Morgan fingerprint density at radius 2 is 1.74 bits per heavy atom. The van der Waals surface area contributed by atoms with Gasteiger partial charge in [-0.05, 0) is 54.4 Å². The molecule has 0 saturated carbocycles. The van der Waals surface area contributed by atoms with E-state index in [2.05, 4.69) is 0 Å². The standard InChI is InChI=1S/C24H18Cl2F3NO4/c1-13-4-3-5-18(26)21(13)22(31)30(2)19-9-7-14(11-20(19)34-12-24(27,28)29)16-10-15(23(32)33)6-8-17(16)25/h3-11H,12H2,1-2H3,(H,32,33). The van der Waals surface area contributed by atoms with Gasteiger partial charge in [0.15, 0.2) is 6.61 Å². The van der Waals surface area contributed by atoms with Crippen LogP contribution in [0, 0.1) is 6.92 Å². The SMILES string of the molecule is Cc1cccc(Cl)c1C(=O)N(C)c1ccc(-c2cc(C(=O)O)ccc2Cl)cc1OCC(F)(F)F. The molecule has 0 aliphatic rings. The maximum absolute atomic E-state index is 13.1. The van der Waals surface area contributed by atoms with Crippen molar-refractivity contribution >= 4 is 40.8 Å². The Bertz CT molecular complexity index is 1240. The van der Waals surface area contributed by atoms with Gasteiger partial charge in [-0.3, -0.25) is 4.79 Å². The van der Waals surface area contributed by atoms with Crippen molar-refractivity contribution in [1.82, 2.24) is 0 Å². The maximum Gasteiger partial charge on any atom is 0.422 e. The van der Waals surface area contributed by atoms with Gasteiger partial charge in [-0.2, -0.15) is 13.2 Å². The molecule has 10 heteroatoms. The van der Waals surface area contributed by atoms with E-state index in [1.807, 2.05) is 0 Å². The summed E-state index contributed by atoms with van der Waals surface area (Å²) in [4.78, 5) is 25.6. The lowest BCUT2D eigenvalue weighted by Crippen LogP contribution is -2.28. The Morgan fingerprint density at radius 3 is 2.35 bits per heavy atom. The van der Waals surface area contributed by atoms with E-state index in [1.54, 1.807) is 19.1 Å². The molecule has 0 heterocycles. The van der Waals surface area contributed by atoms with Gasteiger partial charge in [0.05, 0.1) is 21.8 Å². The van der Waals surface area contributed by atoms with Crippen molar-refractivity contribution in [3.63, 3.8) is 0 Å². The van der Waals surface area contributed by atoms with Crippen molar-refractivity contribution in [1.29, 1.82) is 0 Å². The summed E-state index contributed by atoms with van der Waals surface area (Å²) in [6.07, 6.45) is -4.63. The van der Waals surface area contributed by atoms with Crippen LogP contribution in [0.1, 0.15) is 26.3 Å². The highest BCUT2D eigenvalue weighted by atomic mass is 35.5.